The van der Waals surface area contributed by atoms with Crippen molar-refractivity contribution in [3.63, 3.8) is 0 Å². The van der Waals surface area contributed by atoms with Gasteiger partial charge in [0.05, 0.1) is 28.0 Å². The summed E-state index contributed by atoms with van der Waals surface area (Å²) in [6.07, 6.45) is 17.3. The molecule has 2 aromatic carbocycles. The molecule has 2 aliphatic heterocycles. The average Bonchev–Trinajstić information content (AvgIpc) is 1.56. The van der Waals surface area contributed by atoms with Gasteiger partial charge in [0.1, 0.15) is 29.3 Å². The number of fused-ring (bicyclic) bond motifs is 6. The second kappa shape index (κ2) is 30.6. The molecular weight excluding hydrogens is 1220 g/mol. The van der Waals surface area contributed by atoms with Gasteiger partial charge in [-0.05, 0) is 148 Å². The van der Waals surface area contributed by atoms with Gasteiger partial charge < -0.3 is 26.2 Å². The summed E-state index contributed by atoms with van der Waals surface area (Å²) in [6, 6.07) is 15.3. The monoisotopic (exact) mass is 1310 g/mol. The Kier molecular flexibility index (Phi) is 23.5. The SMILES string of the molecule is CCCCCCNC(=O)c1cc(-c2cc3c(c4ccsc24)[N+](CCCS(=O)(=O)O)=C(/C=C/C=C2/N(CCC)c4c(cc(-c5cc(C(=O)NCCC)nc(C(=O)NCCCCCC)c5)c5sccc45)[C@@]2(C)CCCS(=O)(=O)O)[C@@]3(C)CCC)cc(C(=O)NCC)n1. The molecule has 0 spiro atoms. The fourth-order valence-electron chi connectivity index (χ4n) is 12.8. The molecular formula is C68H89N8O10S4+. The molecule has 0 saturated heterocycles. The molecule has 4 aromatic heterocycles. The van der Waals surface area contributed by atoms with Crippen LogP contribution in [0.3, 0.4) is 0 Å². The van der Waals surface area contributed by atoms with Crippen LogP contribution in [0.2, 0.25) is 0 Å². The minimum absolute atomic E-state index is 0.0987. The van der Waals surface area contributed by atoms with Crippen molar-refractivity contribution in [3.05, 3.63) is 117 Å². The number of carbonyl (C=O) groups excluding carboxylic acids is 4. The van der Waals surface area contributed by atoms with Gasteiger partial charge in [-0.2, -0.15) is 21.4 Å². The number of hydrogen-bond donors (Lipinski definition) is 6. The zero-order valence-corrected chi connectivity index (χ0v) is 56.6. The number of anilines is 1. The molecule has 0 fully saturated rings. The number of allylic oxidation sites excluding steroid dienone is 4. The third-order valence-corrected chi connectivity index (χ3v) is 20.6. The Bertz CT molecular complexity index is 3960. The molecule has 0 saturated carbocycles. The number of aromatic nitrogens is 2. The van der Waals surface area contributed by atoms with Gasteiger partial charge in [0.2, 0.25) is 5.69 Å². The first kappa shape index (κ1) is 69.2. The van der Waals surface area contributed by atoms with E-state index in [2.05, 4.69) is 113 Å². The molecule has 22 heteroatoms. The summed E-state index contributed by atoms with van der Waals surface area (Å²) >= 11 is 3.05. The van der Waals surface area contributed by atoms with E-state index in [1.165, 1.54) is 22.7 Å². The molecule has 18 nitrogen and oxygen atoms in total. The fraction of sp³-hybridized carbons (Fsp3) is 0.485. The number of pyridine rings is 2. The molecule has 0 radical (unpaired) electrons. The lowest BCUT2D eigenvalue weighted by Crippen LogP contribution is -2.32. The van der Waals surface area contributed by atoms with E-state index in [0.29, 0.717) is 63.1 Å². The normalized spacial score (nSPS) is 17.0. The minimum Gasteiger partial charge on any atom is -0.351 e. The topological polar surface area (TPSA) is 257 Å². The molecule has 6 aromatic rings. The van der Waals surface area contributed by atoms with E-state index in [-0.39, 0.29) is 54.0 Å². The van der Waals surface area contributed by atoms with Crippen molar-refractivity contribution >= 4 is 104 Å². The van der Waals surface area contributed by atoms with Crippen molar-refractivity contribution in [2.75, 3.05) is 55.7 Å². The fourth-order valence-corrected chi connectivity index (χ4v) is 15.7. The summed E-state index contributed by atoms with van der Waals surface area (Å²) in [6.45, 7) is 19.0. The summed E-state index contributed by atoms with van der Waals surface area (Å²) in [5.74, 6) is -2.52. The van der Waals surface area contributed by atoms with Crippen molar-refractivity contribution < 1.29 is 49.7 Å². The van der Waals surface area contributed by atoms with Crippen LogP contribution in [0.5, 0.6) is 0 Å². The van der Waals surface area contributed by atoms with Crippen LogP contribution in [-0.2, 0) is 31.1 Å². The van der Waals surface area contributed by atoms with Gasteiger partial charge in [-0.3, -0.25) is 28.3 Å². The molecule has 2 aliphatic rings. The molecule has 6 heterocycles. The number of rotatable bonds is 33. The van der Waals surface area contributed by atoms with Crippen molar-refractivity contribution in [2.45, 2.75) is 163 Å². The number of carbonyl (C=O) groups is 4. The van der Waals surface area contributed by atoms with Gasteiger partial charge in [0, 0.05) is 87.8 Å². The second-order valence-electron chi connectivity index (χ2n) is 24.0. The maximum atomic E-state index is 13.9. The Morgan fingerprint density at radius 2 is 1.09 bits per heavy atom. The molecule has 0 aliphatic carbocycles. The number of nitrogens with one attached hydrogen (secondary N) is 4. The van der Waals surface area contributed by atoms with Crippen LogP contribution in [0.1, 0.15) is 205 Å². The van der Waals surface area contributed by atoms with Crippen LogP contribution in [0.4, 0.5) is 11.4 Å². The first-order valence-corrected chi connectivity index (χ1v) is 37.0. The zero-order valence-electron chi connectivity index (χ0n) is 53.4. The highest BCUT2D eigenvalue weighted by molar-refractivity contribution is 7.86. The van der Waals surface area contributed by atoms with E-state index in [9.17, 15) is 45.1 Å². The first-order chi connectivity index (χ1) is 43.1. The molecule has 8 rings (SSSR count). The molecule has 6 N–H and O–H groups in total. The predicted molar refractivity (Wildman–Crippen MR) is 365 cm³/mol. The standard InChI is InChI=1S/C68H88N8O10S4/c1-9-15-17-19-31-71-65(79)55-41-45(39-53(73-55)63(77)69-14-6)49-43-51-60(48-27-36-88-62(48)49)76(34-23-38-90(84,85)86)57(67(51,7)28-11-3)24-21-25-58-68(8,29-22-37-89(81,82)83)52-44-50(61-47(26-35-87-61)59(52)75(58)33-13-5)46-40-54(64(78)70-30-12-4)74-56(42-46)66(80)72-32-20-18-16-10-2/h21,24-27,35-36,39-44H,9-20,22-23,28-34,37-38H2,1-8H3,(H5-,69,70,71,72,77,78,79,80,81,82,83,84,85,86)/p+1/t67-,68+/m0/s1. The van der Waals surface area contributed by atoms with Crippen LogP contribution in [0.15, 0.2) is 83.2 Å². The summed E-state index contributed by atoms with van der Waals surface area (Å²) in [5.41, 5.74) is 7.11. The Labute approximate surface area is 539 Å². The zero-order chi connectivity index (χ0) is 65.0. The molecule has 0 unspecified atom stereocenters. The van der Waals surface area contributed by atoms with Gasteiger partial charge in [-0.25, -0.2) is 9.97 Å². The van der Waals surface area contributed by atoms with E-state index in [1.54, 1.807) is 24.3 Å². The lowest BCUT2D eigenvalue weighted by atomic mass is 9.74. The van der Waals surface area contributed by atoms with Gasteiger partial charge in [-0.1, -0.05) is 85.6 Å². The van der Waals surface area contributed by atoms with Crippen LogP contribution in [0.25, 0.3) is 42.4 Å². The van der Waals surface area contributed by atoms with E-state index < -0.39 is 54.4 Å². The third-order valence-electron chi connectivity index (χ3n) is 17.1. The second-order valence-corrected chi connectivity index (χ2v) is 29.0. The van der Waals surface area contributed by atoms with Crippen molar-refractivity contribution in [1.82, 2.24) is 31.2 Å². The summed E-state index contributed by atoms with van der Waals surface area (Å²) in [5, 5.41) is 17.7. The largest absolute Gasteiger partial charge is 0.351 e. The molecule has 2 atom stereocenters. The quantitative estimate of drug-likeness (QED) is 0.0127. The van der Waals surface area contributed by atoms with Gasteiger partial charge >= 0.3 is 0 Å². The first-order valence-electron chi connectivity index (χ1n) is 32.0. The summed E-state index contributed by atoms with van der Waals surface area (Å²) in [4.78, 5) is 66.8. The number of hydrogen-bond acceptors (Lipinski definition) is 13. The Hall–Kier alpha value is -6.69. The number of amides is 4. The predicted octanol–water partition coefficient (Wildman–Crippen LogP) is 13.5. The van der Waals surface area contributed by atoms with E-state index in [0.717, 1.165) is 129 Å². The van der Waals surface area contributed by atoms with Crippen LogP contribution >= 0.6 is 22.7 Å². The highest BCUT2D eigenvalue weighted by Gasteiger charge is 2.49. The highest BCUT2D eigenvalue weighted by Crippen LogP contribution is 2.56. The average molecular weight is 1310 g/mol. The Morgan fingerprint density at radius 1 is 0.578 bits per heavy atom. The highest BCUT2D eigenvalue weighted by atomic mass is 32.2. The van der Waals surface area contributed by atoms with Crippen molar-refractivity contribution in [2.24, 2.45) is 0 Å². The van der Waals surface area contributed by atoms with Gasteiger partial charge in [0.15, 0.2) is 5.71 Å². The number of thiophene rings is 2. The maximum Gasteiger partial charge on any atom is 0.269 e. The molecule has 90 heavy (non-hydrogen) atoms. The Balaban J connectivity index is 1.30. The lowest BCUT2D eigenvalue weighted by Gasteiger charge is -2.30. The third kappa shape index (κ3) is 15.8. The molecule has 0 bridgehead atoms. The van der Waals surface area contributed by atoms with Gasteiger partial charge in [-0.15, -0.1) is 22.7 Å². The van der Waals surface area contributed by atoms with Crippen molar-refractivity contribution in [1.29, 1.82) is 0 Å². The number of benzene rings is 2. The molecule has 4 amide bonds. The van der Waals surface area contributed by atoms with Crippen LogP contribution in [-0.4, -0.2) is 121 Å². The smallest absolute Gasteiger partial charge is 0.269 e. The van der Waals surface area contributed by atoms with E-state index in [4.69, 9.17) is 0 Å². The maximum absolute atomic E-state index is 13.9. The van der Waals surface area contributed by atoms with E-state index in [1.807, 2.05) is 36.7 Å². The minimum atomic E-state index is -4.36. The summed E-state index contributed by atoms with van der Waals surface area (Å²) < 4.78 is 74.1. The van der Waals surface area contributed by atoms with Crippen molar-refractivity contribution in [3.8, 4) is 22.3 Å². The van der Waals surface area contributed by atoms with Gasteiger partial charge in [0.25, 0.3) is 43.9 Å². The van der Waals surface area contributed by atoms with Crippen LogP contribution < -0.4 is 26.2 Å². The van der Waals surface area contributed by atoms with Crippen LogP contribution in [0, 0.1) is 0 Å². The number of nitrogens with zero attached hydrogens (tertiary/aromatic N) is 4. The van der Waals surface area contributed by atoms with E-state index >= 15 is 0 Å². The lowest BCUT2D eigenvalue weighted by molar-refractivity contribution is -0.435. The molecule has 484 valence electrons. The number of unbranched alkanes of at least 4 members (excludes halogenated alkanes) is 6. The Morgan fingerprint density at radius 3 is 1.60 bits per heavy atom. The summed E-state index contributed by atoms with van der Waals surface area (Å²) in [7, 11) is -8.70.